The molecule has 1 aromatic heterocycles. The molecule has 0 amide bonds. The average Bonchev–Trinajstić information content (AvgIpc) is 3.21. The van der Waals surface area contributed by atoms with Gasteiger partial charge in [-0.15, -0.1) is 0 Å². The fourth-order valence-electron chi connectivity index (χ4n) is 2.44. The van der Waals surface area contributed by atoms with Gasteiger partial charge in [-0.2, -0.15) is 11.3 Å². The first-order valence-corrected chi connectivity index (χ1v) is 8.13. The van der Waals surface area contributed by atoms with Crippen LogP contribution in [0.25, 0.3) is 0 Å². The van der Waals surface area contributed by atoms with Crippen molar-refractivity contribution in [2.45, 2.75) is 38.8 Å². The van der Waals surface area contributed by atoms with E-state index in [1.807, 2.05) is 19.1 Å². The third-order valence-electron chi connectivity index (χ3n) is 3.76. The number of thiophene rings is 1. The van der Waals surface area contributed by atoms with Crippen LogP contribution in [0, 0.1) is 0 Å². The summed E-state index contributed by atoms with van der Waals surface area (Å²) in [5.74, 6) is 0.215. The van der Waals surface area contributed by atoms with Crippen molar-refractivity contribution in [2.75, 3.05) is 4.90 Å². The van der Waals surface area contributed by atoms with E-state index < -0.39 is 0 Å². The van der Waals surface area contributed by atoms with Gasteiger partial charge < -0.3 is 4.90 Å². The van der Waals surface area contributed by atoms with Crippen LogP contribution in [0.15, 0.2) is 41.1 Å². The highest BCUT2D eigenvalue weighted by Gasteiger charge is 2.29. The van der Waals surface area contributed by atoms with Gasteiger partial charge in [0.15, 0.2) is 5.78 Å². The second-order valence-electron chi connectivity index (χ2n) is 5.31. The predicted octanol–water partition coefficient (Wildman–Crippen LogP) is 4.51. The van der Waals surface area contributed by atoms with Crippen LogP contribution in [0.2, 0.25) is 0 Å². The Balaban J connectivity index is 1.79. The fraction of sp³-hybridized carbons (Fsp3) is 0.353. The van der Waals surface area contributed by atoms with E-state index in [1.54, 1.807) is 11.3 Å². The molecule has 104 valence electrons. The molecule has 0 unspecified atom stereocenters. The van der Waals surface area contributed by atoms with E-state index in [9.17, 15) is 4.79 Å². The van der Waals surface area contributed by atoms with Crippen molar-refractivity contribution >= 4 is 22.8 Å². The number of carbonyl (C=O) groups is 1. The van der Waals surface area contributed by atoms with E-state index >= 15 is 0 Å². The number of benzene rings is 1. The number of anilines is 1. The summed E-state index contributed by atoms with van der Waals surface area (Å²) in [4.78, 5) is 14.1. The zero-order chi connectivity index (χ0) is 13.9. The van der Waals surface area contributed by atoms with Crippen molar-refractivity contribution in [1.29, 1.82) is 0 Å². The Kier molecular flexibility index (Phi) is 3.88. The lowest BCUT2D eigenvalue weighted by molar-refractivity contribution is 0.0988. The zero-order valence-corrected chi connectivity index (χ0v) is 12.5. The Labute approximate surface area is 124 Å². The van der Waals surface area contributed by atoms with E-state index in [1.165, 1.54) is 24.1 Å². The number of hydrogen-bond acceptors (Lipinski definition) is 3. The SMILES string of the molecule is CCC(=O)c1ccc(N(Cc2ccsc2)C2CC2)cc1. The van der Waals surface area contributed by atoms with Crippen LogP contribution in [0.1, 0.15) is 42.1 Å². The second kappa shape index (κ2) is 5.80. The van der Waals surface area contributed by atoms with Crippen LogP contribution in [0.5, 0.6) is 0 Å². The first-order valence-electron chi connectivity index (χ1n) is 7.19. The van der Waals surface area contributed by atoms with Crippen LogP contribution in [0.4, 0.5) is 5.69 Å². The van der Waals surface area contributed by atoms with Crippen molar-refractivity contribution < 1.29 is 4.79 Å². The summed E-state index contributed by atoms with van der Waals surface area (Å²) in [6.07, 6.45) is 3.13. The lowest BCUT2D eigenvalue weighted by Gasteiger charge is -2.24. The van der Waals surface area contributed by atoms with Crippen molar-refractivity contribution in [3.63, 3.8) is 0 Å². The lowest BCUT2D eigenvalue weighted by atomic mass is 10.1. The van der Waals surface area contributed by atoms with Gasteiger partial charge in [-0.1, -0.05) is 6.92 Å². The van der Waals surface area contributed by atoms with Crippen molar-refractivity contribution in [3.05, 3.63) is 52.2 Å². The summed E-state index contributed by atoms with van der Waals surface area (Å²) in [6.45, 7) is 2.87. The summed E-state index contributed by atoms with van der Waals surface area (Å²) in [5, 5.41) is 4.34. The molecule has 0 atom stereocenters. The number of carbonyl (C=O) groups excluding carboxylic acids is 1. The minimum absolute atomic E-state index is 0.215. The molecule has 1 aliphatic carbocycles. The molecule has 20 heavy (non-hydrogen) atoms. The van der Waals surface area contributed by atoms with Gasteiger partial charge in [0.2, 0.25) is 0 Å². The third-order valence-corrected chi connectivity index (χ3v) is 4.49. The topological polar surface area (TPSA) is 20.3 Å². The maximum absolute atomic E-state index is 11.7. The van der Waals surface area contributed by atoms with Gasteiger partial charge in [0, 0.05) is 30.3 Å². The molecule has 0 radical (unpaired) electrons. The Morgan fingerprint density at radius 3 is 2.55 bits per heavy atom. The summed E-state index contributed by atoms with van der Waals surface area (Å²) in [6, 6.07) is 11.0. The van der Waals surface area contributed by atoms with Gasteiger partial charge in [0.1, 0.15) is 0 Å². The first-order chi connectivity index (χ1) is 9.78. The molecular weight excluding hydrogens is 266 g/mol. The van der Waals surface area contributed by atoms with E-state index in [0.29, 0.717) is 12.5 Å². The van der Waals surface area contributed by atoms with Gasteiger partial charge in [-0.3, -0.25) is 4.79 Å². The van der Waals surface area contributed by atoms with Gasteiger partial charge in [-0.05, 0) is 59.5 Å². The molecule has 1 aliphatic rings. The lowest BCUT2D eigenvalue weighted by Crippen LogP contribution is -2.24. The first kappa shape index (κ1) is 13.4. The minimum atomic E-state index is 0.215. The van der Waals surface area contributed by atoms with E-state index in [-0.39, 0.29) is 5.78 Å². The molecule has 1 saturated carbocycles. The molecule has 3 rings (SSSR count). The molecule has 1 fully saturated rings. The highest BCUT2D eigenvalue weighted by atomic mass is 32.1. The van der Waals surface area contributed by atoms with Gasteiger partial charge in [0.05, 0.1) is 0 Å². The van der Waals surface area contributed by atoms with Crippen LogP contribution in [0.3, 0.4) is 0 Å². The largest absolute Gasteiger partial charge is 0.364 e. The van der Waals surface area contributed by atoms with Crippen LogP contribution in [-0.2, 0) is 6.54 Å². The number of nitrogens with zero attached hydrogens (tertiary/aromatic N) is 1. The molecule has 0 aliphatic heterocycles. The molecule has 0 bridgehead atoms. The molecule has 2 nitrogen and oxygen atoms in total. The second-order valence-corrected chi connectivity index (χ2v) is 6.09. The van der Waals surface area contributed by atoms with Gasteiger partial charge >= 0.3 is 0 Å². The Bertz CT molecular complexity index is 570. The number of hydrogen-bond donors (Lipinski definition) is 0. The summed E-state index contributed by atoms with van der Waals surface area (Å²) < 4.78 is 0. The molecule has 0 saturated heterocycles. The molecule has 2 aromatic rings. The molecule has 0 spiro atoms. The van der Waals surface area contributed by atoms with Crippen LogP contribution < -0.4 is 4.90 Å². The standard InChI is InChI=1S/C17H19NOS/c1-2-17(19)14-3-5-15(6-4-14)18(16-7-8-16)11-13-9-10-20-12-13/h3-6,9-10,12,16H,2,7-8,11H2,1H3. The number of Topliss-reactive ketones (excluding diaryl/α,β-unsaturated/α-hetero) is 1. The van der Waals surface area contributed by atoms with E-state index in [0.717, 1.165) is 12.1 Å². The Morgan fingerprint density at radius 1 is 1.25 bits per heavy atom. The molecule has 3 heteroatoms. The molecule has 1 heterocycles. The quantitative estimate of drug-likeness (QED) is 0.728. The maximum Gasteiger partial charge on any atom is 0.162 e. The smallest absolute Gasteiger partial charge is 0.162 e. The normalized spacial score (nSPS) is 14.2. The maximum atomic E-state index is 11.7. The Hall–Kier alpha value is -1.61. The van der Waals surface area contributed by atoms with Crippen molar-refractivity contribution in [2.24, 2.45) is 0 Å². The summed E-state index contributed by atoms with van der Waals surface area (Å²) >= 11 is 1.75. The predicted molar refractivity (Wildman–Crippen MR) is 84.6 cm³/mol. The number of ketones is 1. The third kappa shape index (κ3) is 2.93. The summed E-state index contributed by atoms with van der Waals surface area (Å²) in [7, 11) is 0. The van der Waals surface area contributed by atoms with Gasteiger partial charge in [0.25, 0.3) is 0 Å². The average molecular weight is 285 g/mol. The monoisotopic (exact) mass is 285 g/mol. The van der Waals surface area contributed by atoms with E-state index in [4.69, 9.17) is 0 Å². The highest BCUT2D eigenvalue weighted by molar-refractivity contribution is 7.07. The van der Waals surface area contributed by atoms with Crippen LogP contribution in [-0.4, -0.2) is 11.8 Å². The zero-order valence-electron chi connectivity index (χ0n) is 11.7. The summed E-state index contributed by atoms with van der Waals surface area (Å²) in [5.41, 5.74) is 3.42. The van der Waals surface area contributed by atoms with E-state index in [2.05, 4.69) is 33.9 Å². The highest BCUT2D eigenvalue weighted by Crippen LogP contribution is 2.33. The van der Waals surface area contributed by atoms with Crippen LogP contribution >= 0.6 is 11.3 Å². The van der Waals surface area contributed by atoms with Gasteiger partial charge in [-0.25, -0.2) is 0 Å². The number of rotatable bonds is 6. The Morgan fingerprint density at radius 2 is 2.00 bits per heavy atom. The molecule has 0 N–H and O–H groups in total. The fourth-order valence-corrected chi connectivity index (χ4v) is 3.10. The van der Waals surface area contributed by atoms with Crippen molar-refractivity contribution in [1.82, 2.24) is 0 Å². The minimum Gasteiger partial charge on any atom is -0.364 e. The van der Waals surface area contributed by atoms with Crippen molar-refractivity contribution in [3.8, 4) is 0 Å². The molecule has 1 aromatic carbocycles. The molecular formula is C17H19NOS.